The zero-order valence-corrected chi connectivity index (χ0v) is 18.6. The van der Waals surface area contributed by atoms with Gasteiger partial charge in [0.2, 0.25) is 5.91 Å². The summed E-state index contributed by atoms with van der Waals surface area (Å²) in [6.45, 7) is 3.98. The molecule has 3 atom stereocenters. The van der Waals surface area contributed by atoms with Crippen molar-refractivity contribution in [2.75, 3.05) is 19.0 Å². The van der Waals surface area contributed by atoms with Crippen molar-refractivity contribution < 1.29 is 9.53 Å². The molecule has 0 aromatic heterocycles. The summed E-state index contributed by atoms with van der Waals surface area (Å²) in [5.41, 5.74) is 2.00. The van der Waals surface area contributed by atoms with Gasteiger partial charge in [-0.25, -0.2) is 0 Å². The van der Waals surface area contributed by atoms with E-state index in [0.717, 1.165) is 27.0 Å². The zero-order chi connectivity index (χ0) is 20.2. The molecule has 28 heavy (non-hydrogen) atoms. The van der Waals surface area contributed by atoms with Crippen LogP contribution in [0.25, 0.3) is 0 Å². The standard InChI is InChI=1S/C21H22BrN3O2S/c1-12-5-10-16-15(11-12)18-17(19(26)24(3)4)21(2,27-16)25(20(28)23-18)14-8-6-13(22)7-9-14/h5-11,17-18H,1-4H3,(H,23,28)/t17-,18+,21-/m0/s1. The Morgan fingerprint density at radius 2 is 1.93 bits per heavy atom. The van der Waals surface area contributed by atoms with Gasteiger partial charge < -0.3 is 15.0 Å². The van der Waals surface area contributed by atoms with Crippen LogP contribution in [0.15, 0.2) is 46.9 Å². The van der Waals surface area contributed by atoms with Crippen molar-refractivity contribution in [2.24, 2.45) is 5.92 Å². The predicted octanol–water partition coefficient (Wildman–Crippen LogP) is 4.01. The Morgan fingerprint density at radius 3 is 2.57 bits per heavy atom. The average Bonchev–Trinajstić information content (AvgIpc) is 2.63. The van der Waals surface area contributed by atoms with Crippen LogP contribution in [0.4, 0.5) is 5.69 Å². The number of aryl methyl sites for hydroxylation is 1. The van der Waals surface area contributed by atoms with Crippen molar-refractivity contribution in [3.05, 3.63) is 58.1 Å². The number of carbonyl (C=O) groups excluding carboxylic acids is 1. The summed E-state index contributed by atoms with van der Waals surface area (Å²) < 4.78 is 7.51. The van der Waals surface area contributed by atoms with Gasteiger partial charge in [0, 0.05) is 29.8 Å². The number of benzene rings is 2. The molecule has 1 fully saturated rings. The quantitative estimate of drug-likeness (QED) is 0.687. The zero-order valence-electron chi connectivity index (χ0n) is 16.2. The highest BCUT2D eigenvalue weighted by atomic mass is 79.9. The van der Waals surface area contributed by atoms with Crippen LogP contribution in [-0.4, -0.2) is 35.7 Å². The molecule has 1 saturated heterocycles. The van der Waals surface area contributed by atoms with Gasteiger partial charge in [-0.1, -0.05) is 33.6 Å². The molecule has 2 aliphatic heterocycles. The van der Waals surface area contributed by atoms with Gasteiger partial charge in [0.15, 0.2) is 10.8 Å². The van der Waals surface area contributed by atoms with E-state index in [2.05, 4.69) is 27.3 Å². The van der Waals surface area contributed by atoms with Gasteiger partial charge in [0.05, 0.1) is 6.04 Å². The van der Waals surface area contributed by atoms with Gasteiger partial charge in [0.25, 0.3) is 0 Å². The first-order valence-electron chi connectivity index (χ1n) is 9.09. The molecule has 0 spiro atoms. The number of nitrogens with zero attached hydrogens (tertiary/aromatic N) is 2. The highest BCUT2D eigenvalue weighted by Crippen LogP contribution is 2.50. The number of carbonyl (C=O) groups is 1. The number of hydrogen-bond donors (Lipinski definition) is 1. The number of anilines is 1. The van der Waals surface area contributed by atoms with Gasteiger partial charge in [-0.15, -0.1) is 0 Å². The second-order valence-electron chi connectivity index (χ2n) is 7.65. The highest BCUT2D eigenvalue weighted by molar-refractivity contribution is 9.10. The van der Waals surface area contributed by atoms with E-state index in [4.69, 9.17) is 17.0 Å². The summed E-state index contributed by atoms with van der Waals surface area (Å²) in [6, 6.07) is 13.7. The van der Waals surface area contributed by atoms with Crippen molar-refractivity contribution in [1.29, 1.82) is 0 Å². The van der Waals surface area contributed by atoms with Gasteiger partial charge in [-0.3, -0.25) is 9.69 Å². The molecule has 0 aliphatic carbocycles. The molecule has 7 heteroatoms. The summed E-state index contributed by atoms with van der Waals surface area (Å²) in [4.78, 5) is 16.8. The number of fused-ring (bicyclic) bond motifs is 4. The molecular formula is C21H22BrN3O2S. The third-order valence-corrected chi connectivity index (χ3v) is 6.27. The first-order valence-corrected chi connectivity index (χ1v) is 10.3. The first kappa shape index (κ1) is 19.2. The Kier molecular flexibility index (Phi) is 4.62. The van der Waals surface area contributed by atoms with Gasteiger partial charge >= 0.3 is 0 Å². The second kappa shape index (κ2) is 6.74. The first-order chi connectivity index (χ1) is 13.2. The van der Waals surface area contributed by atoms with Crippen LogP contribution in [0, 0.1) is 12.8 Å². The minimum atomic E-state index is -0.954. The minimum Gasteiger partial charge on any atom is -0.467 e. The number of rotatable bonds is 2. The maximum atomic E-state index is 13.3. The molecule has 1 N–H and O–H groups in total. The molecule has 5 nitrogen and oxygen atoms in total. The fourth-order valence-electron chi connectivity index (χ4n) is 4.14. The molecular weight excluding hydrogens is 438 g/mol. The van der Waals surface area contributed by atoms with Crippen LogP contribution < -0.4 is 15.0 Å². The Labute approximate surface area is 178 Å². The highest BCUT2D eigenvalue weighted by Gasteiger charge is 2.59. The average molecular weight is 460 g/mol. The number of ether oxygens (including phenoxy) is 1. The Bertz CT molecular complexity index is 963. The van der Waals surface area contributed by atoms with Gasteiger partial charge in [0.1, 0.15) is 11.7 Å². The molecule has 146 valence electrons. The monoisotopic (exact) mass is 459 g/mol. The number of thiocarbonyl (C=S) groups is 1. The second-order valence-corrected chi connectivity index (χ2v) is 8.95. The van der Waals surface area contributed by atoms with E-state index < -0.39 is 11.6 Å². The summed E-state index contributed by atoms with van der Waals surface area (Å²) in [5.74, 6) is 0.307. The number of amides is 1. The lowest BCUT2D eigenvalue weighted by atomic mass is 9.78. The summed E-state index contributed by atoms with van der Waals surface area (Å²) in [7, 11) is 3.55. The molecule has 2 bridgehead atoms. The van der Waals surface area contributed by atoms with E-state index in [1.165, 1.54) is 0 Å². The molecule has 2 aromatic rings. The van der Waals surface area contributed by atoms with Crippen LogP contribution in [0.1, 0.15) is 24.1 Å². The lowest BCUT2D eigenvalue weighted by molar-refractivity contribution is -0.144. The van der Waals surface area contributed by atoms with Crippen molar-refractivity contribution in [3.8, 4) is 5.75 Å². The molecule has 4 rings (SSSR count). The third kappa shape index (κ3) is 2.88. The van der Waals surface area contributed by atoms with E-state index >= 15 is 0 Å². The summed E-state index contributed by atoms with van der Waals surface area (Å²) in [5, 5.41) is 3.97. The molecule has 2 aliphatic rings. The fourth-order valence-corrected chi connectivity index (χ4v) is 4.82. The van der Waals surface area contributed by atoms with Crippen molar-refractivity contribution >= 4 is 44.9 Å². The Morgan fingerprint density at radius 1 is 1.25 bits per heavy atom. The Hall–Kier alpha value is -2.12. The molecule has 2 heterocycles. The van der Waals surface area contributed by atoms with E-state index in [-0.39, 0.29) is 11.9 Å². The van der Waals surface area contributed by atoms with Crippen molar-refractivity contribution in [3.63, 3.8) is 0 Å². The fraction of sp³-hybridized carbons (Fsp3) is 0.333. The van der Waals surface area contributed by atoms with E-state index in [0.29, 0.717) is 5.11 Å². The predicted molar refractivity (Wildman–Crippen MR) is 117 cm³/mol. The summed E-state index contributed by atoms with van der Waals surface area (Å²) in [6.07, 6.45) is 0. The minimum absolute atomic E-state index is 0.00299. The number of halogens is 1. The third-order valence-electron chi connectivity index (χ3n) is 5.45. The Balaban J connectivity index is 1.91. The SMILES string of the molecule is Cc1ccc2c(c1)[C@H]1NC(=S)N(c3ccc(Br)cc3)[C@@](C)(O2)[C@@H]1C(=O)N(C)C. The van der Waals surface area contributed by atoms with Crippen LogP contribution in [0.5, 0.6) is 5.75 Å². The normalized spacial score (nSPS) is 25.5. The summed E-state index contributed by atoms with van der Waals surface area (Å²) >= 11 is 9.21. The topological polar surface area (TPSA) is 44.8 Å². The van der Waals surface area contributed by atoms with Crippen LogP contribution in [0.2, 0.25) is 0 Å². The molecule has 2 aromatic carbocycles. The molecule has 0 radical (unpaired) electrons. The lowest BCUT2D eigenvalue weighted by Gasteiger charge is -2.56. The smallest absolute Gasteiger partial charge is 0.233 e. The van der Waals surface area contributed by atoms with Gasteiger partial charge in [-0.2, -0.15) is 0 Å². The maximum absolute atomic E-state index is 13.3. The van der Waals surface area contributed by atoms with Crippen LogP contribution in [0.3, 0.4) is 0 Å². The molecule has 1 amide bonds. The lowest BCUT2D eigenvalue weighted by Crippen LogP contribution is -2.72. The van der Waals surface area contributed by atoms with E-state index in [1.54, 1.807) is 19.0 Å². The molecule has 0 saturated carbocycles. The largest absolute Gasteiger partial charge is 0.467 e. The maximum Gasteiger partial charge on any atom is 0.233 e. The van der Waals surface area contributed by atoms with Crippen LogP contribution in [-0.2, 0) is 4.79 Å². The van der Waals surface area contributed by atoms with Crippen molar-refractivity contribution in [1.82, 2.24) is 10.2 Å². The molecule has 0 unspecified atom stereocenters. The van der Waals surface area contributed by atoms with E-state index in [9.17, 15) is 4.79 Å². The van der Waals surface area contributed by atoms with Crippen molar-refractivity contribution in [2.45, 2.75) is 25.6 Å². The van der Waals surface area contributed by atoms with Crippen LogP contribution >= 0.6 is 28.1 Å². The number of nitrogens with one attached hydrogen (secondary N) is 1. The van der Waals surface area contributed by atoms with Gasteiger partial charge in [-0.05, 0) is 56.4 Å². The van der Waals surface area contributed by atoms with E-state index in [1.807, 2.05) is 55.1 Å². The number of hydrogen-bond acceptors (Lipinski definition) is 3.